The van der Waals surface area contributed by atoms with E-state index in [0.717, 1.165) is 24.6 Å². The highest BCUT2D eigenvalue weighted by Crippen LogP contribution is 2.17. The third-order valence-corrected chi connectivity index (χ3v) is 2.54. The lowest BCUT2D eigenvalue weighted by Crippen LogP contribution is -2.29. The van der Waals surface area contributed by atoms with Crippen LogP contribution in [0, 0.1) is 0 Å². The molecule has 0 aromatic heterocycles. The van der Waals surface area contributed by atoms with Crippen molar-refractivity contribution in [1.29, 1.82) is 0 Å². The Bertz CT molecular complexity index is 298. The molecule has 0 aliphatic heterocycles. The van der Waals surface area contributed by atoms with Crippen LogP contribution in [0.15, 0.2) is 24.3 Å². The number of benzene rings is 1. The zero-order chi connectivity index (χ0) is 12.5. The number of hydrogen-bond acceptors (Lipinski definition) is 3. The standard InChI is InChI=1S/C14H23NO2/c1-4-5-10-15-11-12(2)17-14-8-6-13(16-3)7-9-14/h6-9,12,15H,4-5,10-11H2,1-3H3. The zero-order valence-corrected chi connectivity index (χ0v) is 11.0. The molecule has 17 heavy (non-hydrogen) atoms. The van der Waals surface area contributed by atoms with Gasteiger partial charge in [0.1, 0.15) is 17.6 Å². The molecule has 0 aliphatic rings. The molecule has 3 nitrogen and oxygen atoms in total. The number of nitrogens with one attached hydrogen (secondary N) is 1. The van der Waals surface area contributed by atoms with Gasteiger partial charge in [-0.25, -0.2) is 0 Å². The van der Waals surface area contributed by atoms with Crippen LogP contribution in [0.25, 0.3) is 0 Å². The average Bonchev–Trinajstić information content (AvgIpc) is 2.36. The van der Waals surface area contributed by atoms with Crippen molar-refractivity contribution >= 4 is 0 Å². The molecule has 0 spiro atoms. The van der Waals surface area contributed by atoms with Crippen molar-refractivity contribution in [3.63, 3.8) is 0 Å². The number of methoxy groups -OCH3 is 1. The third kappa shape index (κ3) is 5.59. The van der Waals surface area contributed by atoms with Crippen LogP contribution in [-0.2, 0) is 0 Å². The highest BCUT2D eigenvalue weighted by Gasteiger charge is 2.03. The molecule has 1 rings (SSSR count). The normalized spacial score (nSPS) is 12.2. The van der Waals surface area contributed by atoms with Gasteiger partial charge in [0.05, 0.1) is 7.11 Å². The van der Waals surface area contributed by atoms with E-state index in [0.29, 0.717) is 0 Å². The van der Waals surface area contributed by atoms with Gasteiger partial charge < -0.3 is 14.8 Å². The molecule has 0 aliphatic carbocycles. The summed E-state index contributed by atoms with van der Waals surface area (Å²) >= 11 is 0. The minimum absolute atomic E-state index is 0.181. The van der Waals surface area contributed by atoms with E-state index in [2.05, 4.69) is 19.2 Å². The van der Waals surface area contributed by atoms with E-state index >= 15 is 0 Å². The number of ether oxygens (including phenoxy) is 2. The lowest BCUT2D eigenvalue weighted by molar-refractivity contribution is 0.217. The topological polar surface area (TPSA) is 30.5 Å². The SMILES string of the molecule is CCCCNCC(C)Oc1ccc(OC)cc1. The molecule has 1 aromatic rings. The van der Waals surface area contributed by atoms with E-state index in [4.69, 9.17) is 9.47 Å². The summed E-state index contributed by atoms with van der Waals surface area (Å²) in [7, 11) is 1.66. The molecular formula is C14H23NO2. The molecule has 0 fully saturated rings. The Hall–Kier alpha value is -1.22. The molecule has 0 amide bonds. The minimum Gasteiger partial charge on any atom is -0.497 e. The summed E-state index contributed by atoms with van der Waals surface area (Å²) in [6.45, 7) is 6.21. The van der Waals surface area contributed by atoms with Crippen molar-refractivity contribution in [2.75, 3.05) is 20.2 Å². The highest BCUT2D eigenvalue weighted by molar-refractivity contribution is 5.31. The largest absolute Gasteiger partial charge is 0.497 e. The first kappa shape index (κ1) is 13.8. The molecular weight excluding hydrogens is 214 g/mol. The maximum absolute atomic E-state index is 5.78. The van der Waals surface area contributed by atoms with Gasteiger partial charge in [-0.3, -0.25) is 0 Å². The first-order valence-corrected chi connectivity index (χ1v) is 6.27. The van der Waals surface area contributed by atoms with Crippen LogP contribution in [0.1, 0.15) is 26.7 Å². The second-order valence-electron chi connectivity index (χ2n) is 4.16. The quantitative estimate of drug-likeness (QED) is 0.705. The maximum atomic E-state index is 5.78. The van der Waals surface area contributed by atoms with Gasteiger partial charge in [0, 0.05) is 6.54 Å². The van der Waals surface area contributed by atoms with E-state index in [1.807, 2.05) is 24.3 Å². The predicted molar refractivity (Wildman–Crippen MR) is 70.9 cm³/mol. The van der Waals surface area contributed by atoms with Crippen LogP contribution >= 0.6 is 0 Å². The van der Waals surface area contributed by atoms with E-state index in [1.165, 1.54) is 12.8 Å². The predicted octanol–water partition coefficient (Wildman–Crippen LogP) is 2.85. The minimum atomic E-state index is 0.181. The maximum Gasteiger partial charge on any atom is 0.120 e. The van der Waals surface area contributed by atoms with Gasteiger partial charge in [0.2, 0.25) is 0 Å². The van der Waals surface area contributed by atoms with Crippen LogP contribution in [0.3, 0.4) is 0 Å². The Morgan fingerprint density at radius 1 is 1.18 bits per heavy atom. The molecule has 0 bridgehead atoms. The van der Waals surface area contributed by atoms with Crippen molar-refractivity contribution in [3.05, 3.63) is 24.3 Å². The summed E-state index contributed by atoms with van der Waals surface area (Å²) in [6, 6.07) is 7.68. The summed E-state index contributed by atoms with van der Waals surface area (Å²) in [6.07, 6.45) is 2.62. The van der Waals surface area contributed by atoms with Gasteiger partial charge in [-0.1, -0.05) is 13.3 Å². The molecule has 1 N–H and O–H groups in total. The monoisotopic (exact) mass is 237 g/mol. The fraction of sp³-hybridized carbons (Fsp3) is 0.571. The summed E-state index contributed by atoms with van der Waals surface area (Å²) in [5.74, 6) is 1.74. The highest BCUT2D eigenvalue weighted by atomic mass is 16.5. The number of rotatable bonds is 8. The molecule has 96 valence electrons. The molecule has 0 saturated carbocycles. The summed E-state index contributed by atoms with van der Waals surface area (Å²) in [4.78, 5) is 0. The second-order valence-corrected chi connectivity index (χ2v) is 4.16. The fourth-order valence-corrected chi connectivity index (χ4v) is 1.54. The van der Waals surface area contributed by atoms with Gasteiger partial charge in [-0.15, -0.1) is 0 Å². The first-order chi connectivity index (χ1) is 8.26. The number of unbranched alkanes of at least 4 members (excludes halogenated alkanes) is 1. The van der Waals surface area contributed by atoms with Crippen LogP contribution in [-0.4, -0.2) is 26.3 Å². The molecule has 1 unspecified atom stereocenters. The van der Waals surface area contributed by atoms with Crippen LogP contribution in [0.5, 0.6) is 11.5 Å². The van der Waals surface area contributed by atoms with E-state index < -0.39 is 0 Å². The van der Waals surface area contributed by atoms with Crippen molar-refractivity contribution in [2.24, 2.45) is 0 Å². The van der Waals surface area contributed by atoms with Gasteiger partial charge in [-0.05, 0) is 44.2 Å². The number of hydrogen-bond donors (Lipinski definition) is 1. The second kappa shape index (κ2) is 7.96. The average molecular weight is 237 g/mol. The Morgan fingerprint density at radius 2 is 1.82 bits per heavy atom. The van der Waals surface area contributed by atoms with E-state index in [-0.39, 0.29) is 6.10 Å². The molecule has 1 atom stereocenters. The summed E-state index contributed by atoms with van der Waals surface area (Å²) < 4.78 is 10.9. The Balaban J connectivity index is 2.26. The van der Waals surface area contributed by atoms with Crippen molar-refractivity contribution in [3.8, 4) is 11.5 Å². The van der Waals surface area contributed by atoms with Gasteiger partial charge in [-0.2, -0.15) is 0 Å². The summed E-state index contributed by atoms with van der Waals surface area (Å²) in [5.41, 5.74) is 0. The molecule has 1 aromatic carbocycles. The van der Waals surface area contributed by atoms with Crippen LogP contribution < -0.4 is 14.8 Å². The fourth-order valence-electron chi connectivity index (χ4n) is 1.54. The Morgan fingerprint density at radius 3 is 2.41 bits per heavy atom. The van der Waals surface area contributed by atoms with E-state index in [9.17, 15) is 0 Å². The first-order valence-electron chi connectivity index (χ1n) is 6.27. The van der Waals surface area contributed by atoms with Crippen molar-refractivity contribution < 1.29 is 9.47 Å². The molecule has 0 heterocycles. The Labute approximate surface area is 104 Å². The van der Waals surface area contributed by atoms with Crippen molar-refractivity contribution in [2.45, 2.75) is 32.8 Å². The zero-order valence-electron chi connectivity index (χ0n) is 11.0. The summed E-state index contributed by atoms with van der Waals surface area (Å²) in [5, 5.41) is 3.38. The van der Waals surface area contributed by atoms with E-state index in [1.54, 1.807) is 7.11 Å². The molecule has 0 radical (unpaired) electrons. The smallest absolute Gasteiger partial charge is 0.120 e. The lowest BCUT2D eigenvalue weighted by atomic mass is 10.3. The third-order valence-electron chi connectivity index (χ3n) is 2.54. The lowest BCUT2D eigenvalue weighted by Gasteiger charge is -2.15. The van der Waals surface area contributed by atoms with Crippen molar-refractivity contribution in [1.82, 2.24) is 5.32 Å². The van der Waals surface area contributed by atoms with Crippen LogP contribution in [0.4, 0.5) is 0 Å². The van der Waals surface area contributed by atoms with Crippen LogP contribution in [0.2, 0.25) is 0 Å². The van der Waals surface area contributed by atoms with Gasteiger partial charge in [0.25, 0.3) is 0 Å². The van der Waals surface area contributed by atoms with Gasteiger partial charge >= 0.3 is 0 Å². The van der Waals surface area contributed by atoms with Gasteiger partial charge in [0.15, 0.2) is 0 Å². The molecule has 0 saturated heterocycles. The molecule has 3 heteroatoms. The Kier molecular flexibility index (Phi) is 6.48.